The Kier molecular flexibility index (Phi) is 9.40. The van der Waals surface area contributed by atoms with E-state index in [9.17, 15) is 14.4 Å². The number of anilines is 1. The number of rotatable bonds is 12. The van der Waals surface area contributed by atoms with Gasteiger partial charge in [0, 0.05) is 18.0 Å². The van der Waals surface area contributed by atoms with Gasteiger partial charge in [0.05, 0.1) is 25.2 Å². The van der Waals surface area contributed by atoms with Gasteiger partial charge in [0.2, 0.25) is 11.9 Å². The van der Waals surface area contributed by atoms with Crippen molar-refractivity contribution in [1.82, 2.24) is 19.5 Å². The highest BCUT2D eigenvalue weighted by molar-refractivity contribution is 5.91. The number of aromatic nitrogens is 4. The minimum absolute atomic E-state index is 0.0367. The van der Waals surface area contributed by atoms with Crippen LogP contribution < -0.4 is 15.6 Å². The highest BCUT2D eigenvalue weighted by Crippen LogP contribution is 2.25. The van der Waals surface area contributed by atoms with Crippen LogP contribution in [0.15, 0.2) is 29.1 Å². The lowest BCUT2D eigenvalue weighted by Gasteiger charge is -2.12. The molecule has 3 rings (SSSR count). The number of nitrogens with zero attached hydrogens (tertiary/aromatic N) is 3. The van der Waals surface area contributed by atoms with Gasteiger partial charge in [-0.2, -0.15) is 4.98 Å². The van der Waals surface area contributed by atoms with Gasteiger partial charge in [0.25, 0.3) is 5.56 Å². The van der Waals surface area contributed by atoms with Crippen molar-refractivity contribution >= 4 is 29.0 Å². The van der Waals surface area contributed by atoms with Gasteiger partial charge in [0.1, 0.15) is 18.2 Å². The molecule has 0 saturated carbocycles. The molecule has 11 nitrogen and oxygen atoms in total. The molecular weight excluding hydrogens is 478 g/mol. The van der Waals surface area contributed by atoms with Crippen LogP contribution in [0.5, 0.6) is 5.75 Å². The molecule has 1 aromatic carbocycles. The Balaban J connectivity index is 1.89. The number of hydrogen-bond donors (Lipinski definition) is 2. The quantitative estimate of drug-likeness (QED) is 0.278. The first-order valence-corrected chi connectivity index (χ1v) is 12.4. The number of esters is 1. The van der Waals surface area contributed by atoms with E-state index in [2.05, 4.69) is 20.3 Å². The Morgan fingerprint density at radius 2 is 1.68 bits per heavy atom. The van der Waals surface area contributed by atoms with Crippen molar-refractivity contribution in [3.8, 4) is 17.1 Å². The summed E-state index contributed by atoms with van der Waals surface area (Å²) in [5.41, 5.74) is 0.749. The number of nitrogens with one attached hydrogen (secondary N) is 2. The molecule has 2 aromatic heterocycles. The van der Waals surface area contributed by atoms with Gasteiger partial charge < -0.3 is 18.8 Å². The summed E-state index contributed by atoms with van der Waals surface area (Å²) < 4.78 is 18.3. The number of carbonyl (C=O) groups excluding carboxylic acids is 2. The zero-order valence-electron chi connectivity index (χ0n) is 22.2. The summed E-state index contributed by atoms with van der Waals surface area (Å²) in [6, 6.07) is 7.39. The maximum absolute atomic E-state index is 12.8. The van der Waals surface area contributed by atoms with Gasteiger partial charge in [-0.15, -0.1) is 0 Å². The van der Waals surface area contributed by atoms with E-state index in [1.807, 2.05) is 38.1 Å². The Morgan fingerprint density at radius 3 is 2.30 bits per heavy atom. The topological polar surface area (TPSA) is 137 Å². The third-order valence-corrected chi connectivity index (χ3v) is 5.26. The van der Waals surface area contributed by atoms with Crippen molar-refractivity contribution in [2.24, 2.45) is 11.8 Å². The van der Waals surface area contributed by atoms with Crippen molar-refractivity contribution in [3.63, 3.8) is 0 Å². The molecule has 2 heterocycles. The fourth-order valence-corrected chi connectivity index (χ4v) is 3.34. The minimum atomic E-state index is -0.467. The summed E-state index contributed by atoms with van der Waals surface area (Å²) in [6.07, 6.45) is 0.0367. The predicted octanol–water partition coefficient (Wildman–Crippen LogP) is 3.38. The van der Waals surface area contributed by atoms with Crippen LogP contribution in [-0.4, -0.2) is 57.3 Å². The average Bonchev–Trinajstić information content (AvgIpc) is 3.20. The summed E-state index contributed by atoms with van der Waals surface area (Å²) in [7, 11) is 0. The van der Waals surface area contributed by atoms with Crippen LogP contribution in [0, 0.1) is 11.8 Å². The molecule has 0 aliphatic heterocycles. The van der Waals surface area contributed by atoms with Crippen LogP contribution in [0.3, 0.4) is 0 Å². The van der Waals surface area contributed by atoms with E-state index >= 15 is 0 Å². The van der Waals surface area contributed by atoms with Crippen molar-refractivity contribution in [1.29, 1.82) is 0 Å². The first kappa shape index (κ1) is 27.9. The second kappa shape index (κ2) is 12.5. The third-order valence-electron chi connectivity index (χ3n) is 5.26. The number of benzene rings is 1. The molecular formula is C26H35N5O6. The van der Waals surface area contributed by atoms with E-state index in [0.29, 0.717) is 18.0 Å². The molecule has 37 heavy (non-hydrogen) atoms. The van der Waals surface area contributed by atoms with Crippen molar-refractivity contribution < 1.29 is 23.8 Å². The average molecular weight is 514 g/mol. The second-order valence-corrected chi connectivity index (χ2v) is 9.44. The molecule has 0 spiro atoms. The van der Waals surface area contributed by atoms with Gasteiger partial charge in [-0.3, -0.25) is 24.7 Å². The van der Waals surface area contributed by atoms with Crippen LogP contribution in [-0.2, 0) is 25.6 Å². The largest absolute Gasteiger partial charge is 0.491 e. The fourth-order valence-electron chi connectivity index (χ4n) is 3.34. The zero-order valence-corrected chi connectivity index (χ0v) is 22.2. The van der Waals surface area contributed by atoms with Gasteiger partial charge in [-0.05, 0) is 38.1 Å². The summed E-state index contributed by atoms with van der Waals surface area (Å²) in [6.45, 7) is 11.9. The lowest BCUT2D eigenvalue weighted by molar-refractivity contribution is -0.148. The summed E-state index contributed by atoms with van der Waals surface area (Å²) in [4.78, 5) is 48.3. The highest BCUT2D eigenvalue weighted by Gasteiger charge is 2.19. The molecule has 0 saturated heterocycles. The lowest BCUT2D eigenvalue weighted by atomic mass is 10.2. The normalized spacial score (nSPS) is 11.5. The van der Waals surface area contributed by atoms with Crippen LogP contribution in [0.25, 0.3) is 22.6 Å². The van der Waals surface area contributed by atoms with E-state index in [1.165, 1.54) is 0 Å². The Hall–Kier alpha value is -3.73. The first-order valence-electron chi connectivity index (χ1n) is 12.4. The number of fused-ring (bicyclic) bond motifs is 1. The van der Waals surface area contributed by atoms with Crippen LogP contribution in [0.4, 0.5) is 5.95 Å². The first-order chi connectivity index (χ1) is 17.6. The molecule has 0 unspecified atom stereocenters. The highest BCUT2D eigenvalue weighted by atomic mass is 16.6. The Labute approximate surface area is 215 Å². The molecule has 0 aliphatic carbocycles. The predicted molar refractivity (Wildman–Crippen MR) is 139 cm³/mol. The Bertz CT molecular complexity index is 1280. The SMILES string of the molecule is CC(C)Oc1ccc(-c2nc3c(=O)[nH]c(NC(=O)C(C)C)nc3n2CCOCCOC(=O)C(C)C)cc1. The molecule has 0 bridgehead atoms. The number of H-pyrrole nitrogens is 1. The van der Waals surface area contributed by atoms with Crippen molar-refractivity contribution in [2.75, 3.05) is 25.1 Å². The molecule has 0 radical (unpaired) electrons. The van der Waals surface area contributed by atoms with Crippen LogP contribution >= 0.6 is 0 Å². The van der Waals surface area contributed by atoms with Gasteiger partial charge in [-0.25, -0.2) is 4.98 Å². The van der Waals surface area contributed by atoms with Gasteiger partial charge in [-0.1, -0.05) is 27.7 Å². The molecule has 0 atom stereocenters. The molecule has 0 aliphatic rings. The third kappa shape index (κ3) is 7.39. The maximum Gasteiger partial charge on any atom is 0.308 e. The Morgan fingerprint density at radius 1 is 0.973 bits per heavy atom. The number of ether oxygens (including phenoxy) is 3. The van der Waals surface area contributed by atoms with E-state index in [-0.39, 0.29) is 61.1 Å². The molecule has 0 fully saturated rings. The monoisotopic (exact) mass is 513 g/mol. The van der Waals surface area contributed by atoms with E-state index in [4.69, 9.17) is 14.2 Å². The second-order valence-electron chi connectivity index (χ2n) is 9.44. The van der Waals surface area contributed by atoms with Crippen LogP contribution in [0.1, 0.15) is 41.5 Å². The van der Waals surface area contributed by atoms with Crippen molar-refractivity contribution in [3.05, 3.63) is 34.6 Å². The smallest absolute Gasteiger partial charge is 0.308 e. The van der Waals surface area contributed by atoms with E-state index in [0.717, 1.165) is 11.3 Å². The zero-order chi connectivity index (χ0) is 27.1. The number of aromatic amines is 1. The number of hydrogen-bond acceptors (Lipinski definition) is 8. The molecule has 1 amide bonds. The molecule has 2 N–H and O–H groups in total. The van der Waals surface area contributed by atoms with E-state index in [1.54, 1.807) is 32.3 Å². The summed E-state index contributed by atoms with van der Waals surface area (Å²) in [5, 5.41) is 2.64. The summed E-state index contributed by atoms with van der Waals surface area (Å²) in [5.74, 6) is 0.246. The lowest BCUT2D eigenvalue weighted by Crippen LogP contribution is -2.22. The molecule has 11 heteroatoms. The fraction of sp³-hybridized carbons (Fsp3) is 0.500. The van der Waals surface area contributed by atoms with Crippen molar-refractivity contribution in [2.45, 2.75) is 54.2 Å². The molecule has 3 aromatic rings. The maximum atomic E-state index is 12.8. The van der Waals surface area contributed by atoms with Gasteiger partial charge >= 0.3 is 5.97 Å². The summed E-state index contributed by atoms with van der Waals surface area (Å²) >= 11 is 0. The van der Waals surface area contributed by atoms with Gasteiger partial charge in [0.15, 0.2) is 11.2 Å². The minimum Gasteiger partial charge on any atom is -0.491 e. The van der Waals surface area contributed by atoms with Crippen LogP contribution in [0.2, 0.25) is 0 Å². The number of carbonyl (C=O) groups is 2. The standard InChI is InChI=1S/C26H35N5O6/c1-15(2)23(32)29-26-28-22-20(24(33)30-26)27-21(18-7-9-19(10-8-18)37-17(5)6)31(22)11-12-35-13-14-36-25(34)16(3)4/h7-10,15-17H,11-14H2,1-6H3,(H2,28,29,30,32,33). The number of amides is 1. The molecule has 200 valence electrons. The number of imidazole rings is 1. The van der Waals surface area contributed by atoms with E-state index < -0.39 is 5.56 Å².